The van der Waals surface area contributed by atoms with E-state index in [9.17, 15) is 0 Å². The molecule has 1 atom stereocenters. The maximum absolute atomic E-state index is 3.80. The first-order valence-electron chi connectivity index (χ1n) is 5.76. The van der Waals surface area contributed by atoms with E-state index in [-0.39, 0.29) is 0 Å². The summed E-state index contributed by atoms with van der Waals surface area (Å²) in [5.41, 5.74) is 1.60. The van der Waals surface area contributed by atoms with Gasteiger partial charge in [0.2, 0.25) is 0 Å². The van der Waals surface area contributed by atoms with Gasteiger partial charge >= 0.3 is 0 Å². The van der Waals surface area contributed by atoms with E-state index < -0.39 is 0 Å². The quantitative estimate of drug-likeness (QED) is 0.785. The van der Waals surface area contributed by atoms with Gasteiger partial charge in [-0.15, -0.1) is 11.3 Å². The molecule has 2 heteroatoms. The number of rotatable bonds is 2. The highest BCUT2D eigenvalue weighted by Crippen LogP contribution is 2.35. The highest BCUT2D eigenvalue weighted by Gasteiger charge is 2.25. The maximum Gasteiger partial charge on any atom is 0.0333 e. The minimum Gasteiger partial charge on any atom is -0.307 e. The lowest BCUT2D eigenvalue weighted by molar-refractivity contribution is 0.291. The Balaban J connectivity index is 1.74. The van der Waals surface area contributed by atoms with Gasteiger partial charge in [0, 0.05) is 17.0 Å². The largest absolute Gasteiger partial charge is 0.307 e. The molecular weight excluding hydrogens is 190 g/mol. The van der Waals surface area contributed by atoms with Gasteiger partial charge < -0.3 is 5.32 Å². The van der Waals surface area contributed by atoms with Crippen molar-refractivity contribution in [3.63, 3.8) is 0 Å². The minimum absolute atomic E-state index is 0.676. The van der Waals surface area contributed by atoms with Crippen molar-refractivity contribution in [2.75, 3.05) is 0 Å². The van der Waals surface area contributed by atoms with Crippen molar-refractivity contribution in [3.8, 4) is 0 Å². The van der Waals surface area contributed by atoms with Crippen LogP contribution in [0.25, 0.3) is 0 Å². The zero-order valence-electron chi connectivity index (χ0n) is 8.46. The number of hydrogen-bond acceptors (Lipinski definition) is 2. The predicted octanol–water partition coefficient (Wildman–Crippen LogP) is 3.27. The van der Waals surface area contributed by atoms with Gasteiger partial charge in [-0.05, 0) is 49.1 Å². The van der Waals surface area contributed by atoms with Crippen molar-refractivity contribution in [1.82, 2.24) is 5.32 Å². The molecule has 0 aromatic carbocycles. The first-order chi connectivity index (χ1) is 6.93. The molecule has 1 fully saturated rings. The van der Waals surface area contributed by atoms with Crippen LogP contribution in [0.3, 0.4) is 0 Å². The van der Waals surface area contributed by atoms with Crippen molar-refractivity contribution in [1.29, 1.82) is 0 Å². The fourth-order valence-corrected chi connectivity index (χ4v) is 3.51. The Labute approximate surface area is 89.5 Å². The number of nitrogens with one attached hydrogen (secondary N) is 1. The molecule has 0 amide bonds. The lowest BCUT2D eigenvalue weighted by Crippen LogP contribution is -2.38. The summed E-state index contributed by atoms with van der Waals surface area (Å²) in [6, 6.07) is 3.83. The van der Waals surface area contributed by atoms with Gasteiger partial charge in [-0.1, -0.05) is 6.42 Å². The van der Waals surface area contributed by atoms with E-state index in [0.29, 0.717) is 6.04 Å². The van der Waals surface area contributed by atoms with Crippen LogP contribution in [-0.2, 0) is 6.42 Å². The normalized spacial score (nSPS) is 27.0. The minimum atomic E-state index is 0.676. The van der Waals surface area contributed by atoms with Gasteiger partial charge in [0.15, 0.2) is 0 Å². The SMILES string of the molecule is c1cc2c(s1)CCCC2NC1CCC1. The second kappa shape index (κ2) is 3.67. The van der Waals surface area contributed by atoms with Crippen LogP contribution in [0.4, 0.5) is 0 Å². The summed E-state index contributed by atoms with van der Waals surface area (Å²) >= 11 is 1.94. The molecule has 14 heavy (non-hydrogen) atoms. The Morgan fingerprint density at radius 1 is 1.21 bits per heavy atom. The van der Waals surface area contributed by atoms with Crippen LogP contribution in [0.1, 0.15) is 48.6 Å². The lowest BCUT2D eigenvalue weighted by atomic mass is 9.88. The molecule has 3 rings (SSSR count). The van der Waals surface area contributed by atoms with Crippen LogP contribution in [0, 0.1) is 0 Å². The number of fused-ring (bicyclic) bond motifs is 1. The third-order valence-electron chi connectivity index (χ3n) is 3.59. The van der Waals surface area contributed by atoms with Crippen LogP contribution in [0.5, 0.6) is 0 Å². The zero-order chi connectivity index (χ0) is 9.38. The Hall–Kier alpha value is -0.340. The summed E-state index contributed by atoms with van der Waals surface area (Å²) in [4.78, 5) is 1.63. The zero-order valence-corrected chi connectivity index (χ0v) is 9.28. The summed E-state index contributed by atoms with van der Waals surface area (Å²) < 4.78 is 0. The van der Waals surface area contributed by atoms with Crippen LogP contribution < -0.4 is 5.32 Å². The molecule has 0 radical (unpaired) electrons. The molecule has 0 aliphatic heterocycles. The van der Waals surface area contributed by atoms with Crippen molar-refractivity contribution in [2.45, 2.75) is 50.6 Å². The summed E-state index contributed by atoms with van der Waals surface area (Å²) in [5.74, 6) is 0. The fraction of sp³-hybridized carbons (Fsp3) is 0.667. The second-order valence-corrected chi connectivity index (χ2v) is 5.54. The predicted molar refractivity (Wildman–Crippen MR) is 60.8 cm³/mol. The van der Waals surface area contributed by atoms with Crippen LogP contribution in [0.15, 0.2) is 11.4 Å². The summed E-state index contributed by atoms with van der Waals surface area (Å²) in [6.45, 7) is 0. The van der Waals surface area contributed by atoms with Crippen LogP contribution in [0.2, 0.25) is 0 Å². The topological polar surface area (TPSA) is 12.0 Å². The fourth-order valence-electron chi connectivity index (χ4n) is 2.52. The number of hydrogen-bond donors (Lipinski definition) is 1. The molecule has 2 aliphatic carbocycles. The van der Waals surface area contributed by atoms with Crippen LogP contribution in [-0.4, -0.2) is 6.04 Å². The van der Waals surface area contributed by atoms with Gasteiger partial charge in [0.05, 0.1) is 0 Å². The number of aryl methyl sites for hydroxylation is 1. The Morgan fingerprint density at radius 2 is 2.14 bits per heavy atom. The van der Waals surface area contributed by atoms with E-state index in [1.165, 1.54) is 38.5 Å². The second-order valence-electron chi connectivity index (χ2n) is 4.54. The van der Waals surface area contributed by atoms with E-state index in [1.54, 1.807) is 10.4 Å². The van der Waals surface area contributed by atoms with Crippen molar-refractivity contribution >= 4 is 11.3 Å². The third kappa shape index (κ3) is 1.51. The molecule has 1 aromatic heterocycles. The molecule has 0 saturated heterocycles. The highest BCUT2D eigenvalue weighted by atomic mass is 32.1. The highest BCUT2D eigenvalue weighted by molar-refractivity contribution is 7.10. The lowest BCUT2D eigenvalue weighted by Gasteiger charge is -2.33. The van der Waals surface area contributed by atoms with Gasteiger partial charge in [-0.2, -0.15) is 0 Å². The molecule has 76 valence electrons. The average molecular weight is 207 g/mol. The van der Waals surface area contributed by atoms with E-state index >= 15 is 0 Å². The average Bonchev–Trinajstić information content (AvgIpc) is 2.59. The Bertz CT molecular complexity index is 314. The molecule has 0 bridgehead atoms. The van der Waals surface area contributed by atoms with Gasteiger partial charge in [-0.25, -0.2) is 0 Å². The van der Waals surface area contributed by atoms with Crippen molar-refractivity contribution in [2.24, 2.45) is 0 Å². The maximum atomic E-state index is 3.80. The summed E-state index contributed by atoms with van der Waals surface area (Å²) in [6.07, 6.45) is 8.26. The standard InChI is InChI=1S/C12H17NS/c1-3-9(4-1)13-11-5-2-6-12-10(11)7-8-14-12/h7-9,11,13H,1-6H2. The summed E-state index contributed by atoms with van der Waals surface area (Å²) in [5, 5.41) is 6.06. The molecule has 1 aromatic rings. The first kappa shape index (κ1) is 8.93. The first-order valence-corrected chi connectivity index (χ1v) is 6.64. The molecule has 0 spiro atoms. The smallest absolute Gasteiger partial charge is 0.0333 e. The van der Waals surface area contributed by atoms with E-state index in [4.69, 9.17) is 0 Å². The van der Waals surface area contributed by atoms with E-state index in [0.717, 1.165) is 6.04 Å². The monoisotopic (exact) mass is 207 g/mol. The molecule has 2 aliphatic rings. The molecule has 1 unspecified atom stereocenters. The summed E-state index contributed by atoms with van der Waals surface area (Å²) in [7, 11) is 0. The molecule has 1 nitrogen and oxygen atoms in total. The molecule has 1 saturated carbocycles. The molecule has 1 heterocycles. The van der Waals surface area contributed by atoms with E-state index in [2.05, 4.69) is 16.8 Å². The Morgan fingerprint density at radius 3 is 2.93 bits per heavy atom. The number of thiophene rings is 1. The Kier molecular flexibility index (Phi) is 2.34. The van der Waals surface area contributed by atoms with Gasteiger partial charge in [0.1, 0.15) is 0 Å². The molecule has 1 N–H and O–H groups in total. The third-order valence-corrected chi connectivity index (χ3v) is 4.59. The van der Waals surface area contributed by atoms with Crippen LogP contribution >= 0.6 is 11.3 Å². The molecular formula is C12H17NS. The van der Waals surface area contributed by atoms with Gasteiger partial charge in [-0.3, -0.25) is 0 Å². The van der Waals surface area contributed by atoms with Crippen molar-refractivity contribution < 1.29 is 0 Å². The van der Waals surface area contributed by atoms with E-state index in [1.807, 2.05) is 11.3 Å². The van der Waals surface area contributed by atoms with Gasteiger partial charge in [0.25, 0.3) is 0 Å². The van der Waals surface area contributed by atoms with Crippen molar-refractivity contribution in [3.05, 3.63) is 21.9 Å².